The number of aliphatic hydroxyl groups is 1. The molecule has 2 rings (SSSR count). The van der Waals surface area contributed by atoms with Crippen LogP contribution in [0.5, 0.6) is 0 Å². The topological polar surface area (TPSA) is 49.3 Å². The van der Waals surface area contributed by atoms with Gasteiger partial charge in [-0.05, 0) is 30.6 Å². The van der Waals surface area contributed by atoms with Gasteiger partial charge in [0.05, 0.1) is 5.25 Å². The van der Waals surface area contributed by atoms with Gasteiger partial charge in [0.25, 0.3) is 0 Å². The molecule has 3 nitrogen and oxygen atoms in total. The second-order valence-electron chi connectivity index (χ2n) is 4.87. The van der Waals surface area contributed by atoms with Gasteiger partial charge in [0, 0.05) is 19.1 Å². The molecular weight excluding hydrogens is 258 g/mol. The van der Waals surface area contributed by atoms with Gasteiger partial charge in [-0.15, -0.1) is 11.8 Å². The fourth-order valence-corrected chi connectivity index (χ4v) is 3.58. The summed E-state index contributed by atoms with van der Waals surface area (Å²) in [6.07, 6.45) is 2.82. The van der Waals surface area contributed by atoms with Crippen LogP contribution < -0.4 is 5.32 Å². The third kappa shape index (κ3) is 4.25. The van der Waals surface area contributed by atoms with E-state index in [0.717, 1.165) is 18.6 Å². The summed E-state index contributed by atoms with van der Waals surface area (Å²) in [5.74, 6) is 1.44. The Morgan fingerprint density at radius 2 is 2.21 bits per heavy atom. The minimum Gasteiger partial charge on any atom is -0.396 e. The maximum atomic E-state index is 12.0. The van der Waals surface area contributed by atoms with Gasteiger partial charge >= 0.3 is 0 Å². The quantitative estimate of drug-likeness (QED) is 0.839. The van der Waals surface area contributed by atoms with Crippen molar-refractivity contribution in [2.24, 2.45) is 0 Å². The molecule has 19 heavy (non-hydrogen) atoms. The molecule has 0 spiro atoms. The number of carbonyl (C=O) groups excluding carboxylic acids is 1. The molecule has 104 valence electrons. The summed E-state index contributed by atoms with van der Waals surface area (Å²) in [5, 5.41) is 12.3. The maximum absolute atomic E-state index is 12.0. The maximum Gasteiger partial charge on any atom is 0.233 e. The second kappa shape index (κ2) is 7.56. The number of hydrogen-bond acceptors (Lipinski definition) is 3. The van der Waals surface area contributed by atoms with Crippen molar-refractivity contribution < 1.29 is 9.90 Å². The number of thioether (sulfide) groups is 1. The monoisotopic (exact) mass is 279 g/mol. The van der Waals surface area contributed by atoms with E-state index >= 15 is 0 Å². The van der Waals surface area contributed by atoms with E-state index in [4.69, 9.17) is 5.11 Å². The smallest absolute Gasteiger partial charge is 0.233 e. The highest BCUT2D eigenvalue weighted by molar-refractivity contribution is 8.00. The highest BCUT2D eigenvalue weighted by Gasteiger charge is 2.23. The number of benzene rings is 1. The summed E-state index contributed by atoms with van der Waals surface area (Å²) in [6, 6.07) is 10.1. The summed E-state index contributed by atoms with van der Waals surface area (Å²) in [6.45, 7) is 0.758. The number of rotatable bonds is 6. The molecule has 0 saturated carbocycles. The van der Waals surface area contributed by atoms with Crippen LogP contribution in [0.15, 0.2) is 30.3 Å². The molecule has 4 heteroatoms. The minimum atomic E-state index is 0.130. The Morgan fingerprint density at radius 3 is 2.84 bits per heavy atom. The minimum absolute atomic E-state index is 0.130. The van der Waals surface area contributed by atoms with E-state index in [1.807, 2.05) is 18.2 Å². The summed E-state index contributed by atoms with van der Waals surface area (Å²) >= 11 is 1.75. The highest BCUT2D eigenvalue weighted by Crippen LogP contribution is 2.26. The molecule has 0 bridgehead atoms. The van der Waals surface area contributed by atoms with Gasteiger partial charge in [-0.3, -0.25) is 4.79 Å². The molecule has 1 aliphatic rings. The first-order valence-electron chi connectivity index (χ1n) is 6.86. The lowest BCUT2D eigenvalue weighted by Crippen LogP contribution is -2.34. The van der Waals surface area contributed by atoms with E-state index in [1.165, 1.54) is 5.56 Å². The molecule has 1 amide bonds. The van der Waals surface area contributed by atoms with E-state index in [9.17, 15) is 4.79 Å². The standard InChI is InChI=1S/C15H21NO2S/c17-9-8-13(12-5-2-1-3-6-12)11-16-15(18)14-7-4-10-19-14/h1-3,5-6,13-14,17H,4,7-11H2,(H,16,18). The Labute approximate surface area is 118 Å². The third-order valence-electron chi connectivity index (χ3n) is 3.49. The van der Waals surface area contributed by atoms with Crippen LogP contribution in [0.1, 0.15) is 30.7 Å². The molecule has 1 aromatic rings. The van der Waals surface area contributed by atoms with Crippen LogP contribution in [0.3, 0.4) is 0 Å². The molecule has 1 aromatic carbocycles. The molecular formula is C15H21NO2S. The Balaban J connectivity index is 1.88. The predicted molar refractivity (Wildman–Crippen MR) is 79.4 cm³/mol. The molecule has 1 heterocycles. The van der Waals surface area contributed by atoms with E-state index < -0.39 is 0 Å². The number of carbonyl (C=O) groups is 1. The van der Waals surface area contributed by atoms with Crippen molar-refractivity contribution in [2.45, 2.75) is 30.4 Å². The molecule has 1 saturated heterocycles. The lowest BCUT2D eigenvalue weighted by Gasteiger charge is -2.18. The number of nitrogens with one attached hydrogen (secondary N) is 1. The summed E-state index contributed by atoms with van der Waals surface area (Å²) < 4.78 is 0. The number of aliphatic hydroxyl groups excluding tert-OH is 1. The van der Waals surface area contributed by atoms with Crippen molar-refractivity contribution >= 4 is 17.7 Å². The molecule has 1 aliphatic heterocycles. The molecule has 0 aromatic heterocycles. The van der Waals surface area contributed by atoms with Crippen molar-refractivity contribution in [3.63, 3.8) is 0 Å². The van der Waals surface area contributed by atoms with Crippen molar-refractivity contribution in [1.82, 2.24) is 5.32 Å². The summed E-state index contributed by atoms with van der Waals surface area (Å²) in [7, 11) is 0. The van der Waals surface area contributed by atoms with Gasteiger partial charge in [-0.2, -0.15) is 0 Å². The van der Waals surface area contributed by atoms with Gasteiger partial charge in [-0.25, -0.2) is 0 Å². The third-order valence-corrected chi connectivity index (χ3v) is 4.87. The van der Waals surface area contributed by atoms with Gasteiger partial charge in [-0.1, -0.05) is 30.3 Å². The molecule has 1 fully saturated rings. The van der Waals surface area contributed by atoms with E-state index in [-0.39, 0.29) is 23.7 Å². The fraction of sp³-hybridized carbons (Fsp3) is 0.533. The SMILES string of the molecule is O=C(NCC(CCO)c1ccccc1)C1CCCS1. The largest absolute Gasteiger partial charge is 0.396 e. The number of amides is 1. The Kier molecular flexibility index (Phi) is 5.73. The fourth-order valence-electron chi connectivity index (χ4n) is 2.39. The Morgan fingerprint density at radius 1 is 1.42 bits per heavy atom. The summed E-state index contributed by atoms with van der Waals surface area (Å²) in [5.41, 5.74) is 1.18. The lowest BCUT2D eigenvalue weighted by atomic mass is 9.96. The zero-order valence-electron chi connectivity index (χ0n) is 11.0. The van der Waals surface area contributed by atoms with Crippen LogP contribution in [0.25, 0.3) is 0 Å². The molecule has 0 aliphatic carbocycles. The predicted octanol–water partition coefficient (Wildman–Crippen LogP) is 2.16. The Hall–Kier alpha value is -1.00. The molecule has 2 N–H and O–H groups in total. The van der Waals surface area contributed by atoms with E-state index in [0.29, 0.717) is 13.0 Å². The first kappa shape index (κ1) is 14.4. The first-order valence-corrected chi connectivity index (χ1v) is 7.91. The van der Waals surface area contributed by atoms with Crippen LogP contribution in [0.2, 0.25) is 0 Å². The van der Waals surface area contributed by atoms with Crippen LogP contribution in [0, 0.1) is 0 Å². The second-order valence-corrected chi connectivity index (χ2v) is 6.18. The van der Waals surface area contributed by atoms with E-state index in [2.05, 4.69) is 17.4 Å². The van der Waals surface area contributed by atoms with Crippen LogP contribution in [0.4, 0.5) is 0 Å². The Bertz CT molecular complexity index is 390. The summed E-state index contributed by atoms with van der Waals surface area (Å²) in [4.78, 5) is 12.0. The molecule has 0 radical (unpaired) electrons. The molecule has 2 unspecified atom stereocenters. The van der Waals surface area contributed by atoms with Crippen molar-refractivity contribution in [1.29, 1.82) is 0 Å². The van der Waals surface area contributed by atoms with Gasteiger partial charge in [0.1, 0.15) is 0 Å². The van der Waals surface area contributed by atoms with Crippen molar-refractivity contribution in [2.75, 3.05) is 18.9 Å². The average molecular weight is 279 g/mol. The van der Waals surface area contributed by atoms with Gasteiger partial charge < -0.3 is 10.4 Å². The van der Waals surface area contributed by atoms with Crippen LogP contribution in [-0.4, -0.2) is 35.2 Å². The zero-order chi connectivity index (χ0) is 13.5. The van der Waals surface area contributed by atoms with Crippen molar-refractivity contribution in [3.8, 4) is 0 Å². The van der Waals surface area contributed by atoms with Crippen molar-refractivity contribution in [3.05, 3.63) is 35.9 Å². The van der Waals surface area contributed by atoms with Gasteiger partial charge in [0.2, 0.25) is 5.91 Å². The first-order chi connectivity index (χ1) is 9.31. The lowest BCUT2D eigenvalue weighted by molar-refractivity contribution is -0.120. The molecule has 2 atom stereocenters. The number of hydrogen-bond donors (Lipinski definition) is 2. The highest BCUT2D eigenvalue weighted by atomic mass is 32.2. The normalized spacial score (nSPS) is 20.2. The van der Waals surface area contributed by atoms with Crippen LogP contribution in [-0.2, 0) is 4.79 Å². The average Bonchev–Trinajstić information content (AvgIpc) is 2.98. The van der Waals surface area contributed by atoms with Crippen LogP contribution >= 0.6 is 11.8 Å². The van der Waals surface area contributed by atoms with E-state index in [1.54, 1.807) is 11.8 Å². The zero-order valence-corrected chi connectivity index (χ0v) is 11.9. The van der Waals surface area contributed by atoms with Gasteiger partial charge in [0.15, 0.2) is 0 Å².